The van der Waals surface area contributed by atoms with E-state index in [4.69, 9.17) is 14.9 Å². The number of rotatable bonds is 5. The third-order valence-electron chi connectivity index (χ3n) is 2.91. The van der Waals surface area contributed by atoms with Crippen molar-refractivity contribution in [2.24, 2.45) is 11.7 Å². The van der Waals surface area contributed by atoms with E-state index in [-0.39, 0.29) is 6.54 Å². The molecule has 2 unspecified atom stereocenters. The van der Waals surface area contributed by atoms with Gasteiger partial charge < -0.3 is 20.2 Å². The molecule has 1 saturated heterocycles. The number of nitrogens with one attached hydrogen (secondary N) is 1. The van der Waals surface area contributed by atoms with Crippen LogP contribution < -0.4 is 11.1 Å². The number of hydrogen-bond acceptors (Lipinski definition) is 6. The lowest BCUT2D eigenvalue weighted by Crippen LogP contribution is -2.22. The molecule has 0 bridgehead atoms. The van der Waals surface area contributed by atoms with Crippen LogP contribution in [0.1, 0.15) is 25.7 Å². The topological polar surface area (TPSA) is 86.2 Å². The van der Waals surface area contributed by atoms with Crippen molar-refractivity contribution in [2.75, 3.05) is 18.5 Å². The number of aromatic nitrogens is 2. The SMILES string of the molecule is CCC1OCCC1CNc1nnc(CN)o1. The lowest BCUT2D eigenvalue weighted by Gasteiger charge is -2.16. The lowest BCUT2D eigenvalue weighted by atomic mass is 10.00. The Hall–Kier alpha value is -1.14. The number of nitrogens with zero attached hydrogens (tertiary/aromatic N) is 2. The monoisotopic (exact) mass is 226 g/mol. The Morgan fingerprint density at radius 3 is 3.06 bits per heavy atom. The van der Waals surface area contributed by atoms with Crippen LogP contribution in [-0.2, 0) is 11.3 Å². The number of anilines is 1. The van der Waals surface area contributed by atoms with E-state index in [1.165, 1.54) is 0 Å². The van der Waals surface area contributed by atoms with Gasteiger partial charge in [-0.15, -0.1) is 5.10 Å². The third-order valence-corrected chi connectivity index (χ3v) is 2.91. The van der Waals surface area contributed by atoms with Gasteiger partial charge in [0.2, 0.25) is 5.89 Å². The molecular formula is C10H18N4O2. The molecule has 0 radical (unpaired) electrons. The first-order chi connectivity index (χ1) is 7.83. The van der Waals surface area contributed by atoms with Crippen LogP contribution in [0.3, 0.4) is 0 Å². The van der Waals surface area contributed by atoms with E-state index in [9.17, 15) is 0 Å². The van der Waals surface area contributed by atoms with Gasteiger partial charge in [-0.2, -0.15) is 0 Å². The first-order valence-electron chi connectivity index (χ1n) is 5.71. The van der Waals surface area contributed by atoms with Gasteiger partial charge >= 0.3 is 6.01 Å². The van der Waals surface area contributed by atoms with E-state index in [0.717, 1.165) is 26.0 Å². The molecule has 1 aliphatic heterocycles. The zero-order chi connectivity index (χ0) is 11.4. The van der Waals surface area contributed by atoms with Crippen molar-refractivity contribution < 1.29 is 9.15 Å². The molecule has 0 aromatic carbocycles. The van der Waals surface area contributed by atoms with Crippen LogP contribution in [0.2, 0.25) is 0 Å². The average Bonchev–Trinajstić information content (AvgIpc) is 2.94. The minimum atomic E-state index is 0.277. The van der Waals surface area contributed by atoms with Gasteiger partial charge in [0.15, 0.2) is 0 Å². The van der Waals surface area contributed by atoms with Crippen LogP contribution in [0.15, 0.2) is 4.42 Å². The first-order valence-corrected chi connectivity index (χ1v) is 5.71. The predicted molar refractivity (Wildman–Crippen MR) is 58.8 cm³/mol. The summed E-state index contributed by atoms with van der Waals surface area (Å²) >= 11 is 0. The molecule has 1 aromatic heterocycles. The van der Waals surface area contributed by atoms with Gasteiger partial charge in [0.05, 0.1) is 12.6 Å². The summed E-state index contributed by atoms with van der Waals surface area (Å²) in [7, 11) is 0. The van der Waals surface area contributed by atoms with Crippen molar-refractivity contribution in [1.29, 1.82) is 0 Å². The van der Waals surface area contributed by atoms with E-state index >= 15 is 0 Å². The molecule has 0 spiro atoms. The molecule has 1 aliphatic rings. The summed E-state index contributed by atoms with van der Waals surface area (Å²) in [5, 5.41) is 10.8. The summed E-state index contributed by atoms with van der Waals surface area (Å²) in [6, 6.07) is 0.446. The molecule has 2 heterocycles. The highest BCUT2D eigenvalue weighted by molar-refractivity contribution is 5.17. The third kappa shape index (κ3) is 2.51. The number of nitrogens with two attached hydrogens (primary N) is 1. The summed E-state index contributed by atoms with van der Waals surface area (Å²) in [6.07, 6.45) is 2.48. The highest BCUT2D eigenvalue weighted by atomic mass is 16.5. The second kappa shape index (κ2) is 5.27. The maximum Gasteiger partial charge on any atom is 0.315 e. The van der Waals surface area contributed by atoms with Gasteiger partial charge in [-0.1, -0.05) is 12.0 Å². The highest BCUT2D eigenvalue weighted by Gasteiger charge is 2.26. The van der Waals surface area contributed by atoms with Crippen LogP contribution in [-0.4, -0.2) is 29.5 Å². The van der Waals surface area contributed by atoms with Crippen molar-refractivity contribution in [3.8, 4) is 0 Å². The van der Waals surface area contributed by atoms with Crippen molar-refractivity contribution in [2.45, 2.75) is 32.4 Å². The Bertz CT molecular complexity index is 328. The van der Waals surface area contributed by atoms with Gasteiger partial charge in [0, 0.05) is 19.1 Å². The molecule has 1 fully saturated rings. The zero-order valence-corrected chi connectivity index (χ0v) is 9.48. The largest absolute Gasteiger partial charge is 0.407 e. The molecule has 3 N–H and O–H groups in total. The van der Waals surface area contributed by atoms with Crippen LogP contribution in [0, 0.1) is 5.92 Å². The van der Waals surface area contributed by atoms with E-state index < -0.39 is 0 Å². The summed E-state index contributed by atoms with van der Waals surface area (Å²) in [5.74, 6) is 0.982. The quantitative estimate of drug-likeness (QED) is 0.770. The van der Waals surface area contributed by atoms with E-state index in [1.807, 2.05) is 0 Å². The fraction of sp³-hybridized carbons (Fsp3) is 0.800. The second-order valence-electron chi connectivity index (χ2n) is 3.95. The minimum absolute atomic E-state index is 0.277. The molecule has 2 atom stereocenters. The van der Waals surface area contributed by atoms with Gasteiger partial charge in [-0.05, 0) is 12.8 Å². The Labute approximate surface area is 94.6 Å². The van der Waals surface area contributed by atoms with Crippen molar-refractivity contribution in [3.63, 3.8) is 0 Å². The minimum Gasteiger partial charge on any atom is -0.407 e. The van der Waals surface area contributed by atoms with Gasteiger partial charge in [0.25, 0.3) is 0 Å². The standard InChI is InChI=1S/C10H18N4O2/c1-2-8-7(3-4-15-8)6-12-10-14-13-9(5-11)16-10/h7-8H,2-6,11H2,1H3,(H,12,14). The molecule has 6 nitrogen and oxygen atoms in total. The predicted octanol–water partition coefficient (Wildman–Crippen LogP) is 0.755. The zero-order valence-electron chi connectivity index (χ0n) is 9.48. The maximum atomic E-state index is 5.60. The molecule has 1 aromatic rings. The Kier molecular flexibility index (Phi) is 3.74. The summed E-state index contributed by atoms with van der Waals surface area (Å²) in [6.45, 7) is 4.08. The second-order valence-corrected chi connectivity index (χ2v) is 3.95. The van der Waals surface area contributed by atoms with Crippen LogP contribution in [0.4, 0.5) is 6.01 Å². The fourth-order valence-electron chi connectivity index (χ4n) is 2.00. The smallest absolute Gasteiger partial charge is 0.315 e. The van der Waals surface area contributed by atoms with Crippen LogP contribution in [0.5, 0.6) is 0 Å². The Morgan fingerprint density at radius 2 is 2.38 bits per heavy atom. The first kappa shape index (κ1) is 11.3. The van der Waals surface area contributed by atoms with Crippen molar-refractivity contribution >= 4 is 6.01 Å². The van der Waals surface area contributed by atoms with Crippen molar-refractivity contribution in [3.05, 3.63) is 5.89 Å². The lowest BCUT2D eigenvalue weighted by molar-refractivity contribution is 0.0899. The average molecular weight is 226 g/mol. The molecule has 2 rings (SSSR count). The maximum absolute atomic E-state index is 5.60. The Balaban J connectivity index is 1.82. The van der Waals surface area contributed by atoms with E-state index in [1.54, 1.807) is 0 Å². The molecule has 16 heavy (non-hydrogen) atoms. The van der Waals surface area contributed by atoms with E-state index in [2.05, 4.69) is 22.4 Å². The molecule has 0 saturated carbocycles. The summed E-state index contributed by atoms with van der Waals surface area (Å²) < 4.78 is 10.9. The normalized spacial score (nSPS) is 24.9. The summed E-state index contributed by atoms with van der Waals surface area (Å²) in [5.41, 5.74) is 5.38. The van der Waals surface area contributed by atoms with Crippen molar-refractivity contribution in [1.82, 2.24) is 10.2 Å². The molecular weight excluding hydrogens is 208 g/mol. The highest BCUT2D eigenvalue weighted by Crippen LogP contribution is 2.23. The van der Waals surface area contributed by atoms with Crippen LogP contribution >= 0.6 is 0 Å². The van der Waals surface area contributed by atoms with E-state index in [0.29, 0.717) is 23.9 Å². The Morgan fingerprint density at radius 1 is 1.50 bits per heavy atom. The molecule has 0 aliphatic carbocycles. The van der Waals surface area contributed by atoms with Gasteiger partial charge in [0.1, 0.15) is 0 Å². The molecule has 90 valence electrons. The molecule has 6 heteroatoms. The molecule has 0 amide bonds. The van der Waals surface area contributed by atoms with Gasteiger partial charge in [-0.25, -0.2) is 0 Å². The summed E-state index contributed by atoms with van der Waals surface area (Å²) in [4.78, 5) is 0. The fourth-order valence-corrected chi connectivity index (χ4v) is 2.00. The van der Waals surface area contributed by atoms with Gasteiger partial charge in [-0.3, -0.25) is 0 Å². The number of ether oxygens (including phenoxy) is 1. The number of hydrogen-bond donors (Lipinski definition) is 2. The van der Waals surface area contributed by atoms with Crippen LogP contribution in [0.25, 0.3) is 0 Å².